The van der Waals surface area contributed by atoms with Crippen LogP contribution in [-0.4, -0.2) is 15.3 Å². The van der Waals surface area contributed by atoms with Crippen LogP contribution in [0.15, 0.2) is 28.2 Å². The summed E-state index contributed by atoms with van der Waals surface area (Å²) in [6.45, 7) is 4.70. The molecule has 1 saturated carbocycles. The molecule has 25 heavy (non-hydrogen) atoms. The second kappa shape index (κ2) is 5.70. The highest BCUT2D eigenvalue weighted by atomic mass is 32.2. The Morgan fingerprint density at radius 1 is 1.44 bits per heavy atom. The van der Waals surface area contributed by atoms with Crippen LogP contribution in [0.2, 0.25) is 0 Å². The first kappa shape index (κ1) is 16.3. The van der Waals surface area contributed by atoms with Crippen LogP contribution in [-0.2, 0) is 12.0 Å². The summed E-state index contributed by atoms with van der Waals surface area (Å²) in [6.07, 6.45) is 3.47. The molecule has 0 N–H and O–H groups in total. The first-order valence-corrected chi connectivity index (χ1v) is 9.38. The van der Waals surface area contributed by atoms with Crippen LogP contribution in [0.25, 0.3) is 11.1 Å². The normalized spacial score (nSPS) is 20.6. The zero-order chi connectivity index (χ0) is 17.8. The molecule has 0 bridgehead atoms. The SMILES string of the molecule is CC1CSc2cc(-c3cnc(C4(C)CC4)c(F)c3)c(C#N)c(=O)n2C1. The minimum absolute atomic E-state index is 0.0602. The van der Waals surface area contributed by atoms with Crippen molar-refractivity contribution >= 4 is 11.8 Å². The van der Waals surface area contributed by atoms with Gasteiger partial charge in [0.1, 0.15) is 17.4 Å². The van der Waals surface area contributed by atoms with Crippen molar-refractivity contribution in [2.45, 2.75) is 43.7 Å². The van der Waals surface area contributed by atoms with Crippen LogP contribution in [0.4, 0.5) is 4.39 Å². The van der Waals surface area contributed by atoms with Crippen molar-refractivity contribution in [3.05, 3.63) is 45.8 Å². The monoisotopic (exact) mass is 355 g/mol. The molecule has 0 radical (unpaired) electrons. The maximum absolute atomic E-state index is 14.6. The van der Waals surface area contributed by atoms with Crippen LogP contribution in [0.3, 0.4) is 0 Å². The summed E-state index contributed by atoms with van der Waals surface area (Å²) in [7, 11) is 0. The van der Waals surface area contributed by atoms with Crippen LogP contribution < -0.4 is 5.56 Å². The van der Waals surface area contributed by atoms with Gasteiger partial charge in [0, 0.05) is 35.0 Å². The van der Waals surface area contributed by atoms with E-state index in [4.69, 9.17) is 0 Å². The summed E-state index contributed by atoms with van der Waals surface area (Å²) >= 11 is 1.60. The van der Waals surface area contributed by atoms with Crippen molar-refractivity contribution in [2.24, 2.45) is 5.92 Å². The fraction of sp³-hybridized carbons (Fsp3) is 0.421. The molecule has 1 fully saturated rings. The van der Waals surface area contributed by atoms with Gasteiger partial charge >= 0.3 is 0 Å². The van der Waals surface area contributed by atoms with Gasteiger partial charge in [-0.2, -0.15) is 5.26 Å². The molecular weight excluding hydrogens is 337 g/mol. The van der Waals surface area contributed by atoms with Crippen molar-refractivity contribution in [1.82, 2.24) is 9.55 Å². The smallest absolute Gasteiger partial charge is 0.269 e. The molecule has 2 aliphatic rings. The average Bonchev–Trinajstić information content (AvgIpc) is 3.33. The molecule has 1 aliphatic carbocycles. The maximum Gasteiger partial charge on any atom is 0.269 e. The molecule has 0 spiro atoms. The van der Waals surface area contributed by atoms with Gasteiger partial charge in [-0.15, -0.1) is 11.8 Å². The van der Waals surface area contributed by atoms with Crippen molar-refractivity contribution in [3.8, 4) is 17.2 Å². The lowest BCUT2D eigenvalue weighted by atomic mass is 9.99. The Kier molecular flexibility index (Phi) is 3.73. The molecule has 0 saturated heterocycles. The molecule has 1 unspecified atom stereocenters. The molecule has 2 aromatic rings. The summed E-state index contributed by atoms with van der Waals surface area (Å²) in [5.41, 5.74) is 1.04. The van der Waals surface area contributed by atoms with Gasteiger partial charge in [-0.1, -0.05) is 13.8 Å². The Bertz CT molecular complexity index is 972. The van der Waals surface area contributed by atoms with Gasteiger partial charge in [-0.3, -0.25) is 9.78 Å². The van der Waals surface area contributed by atoms with E-state index in [2.05, 4.69) is 11.9 Å². The number of rotatable bonds is 2. The van der Waals surface area contributed by atoms with E-state index in [0.717, 1.165) is 23.6 Å². The fourth-order valence-electron chi connectivity index (χ4n) is 3.30. The van der Waals surface area contributed by atoms with Crippen LogP contribution in [0.1, 0.15) is 37.9 Å². The number of aromatic nitrogens is 2. The standard InChI is InChI=1S/C19H18FN3OS/c1-11-9-23-16(25-10-11)6-13(14(7-21)18(23)24)12-5-15(20)17(22-8-12)19(2)3-4-19/h5-6,8,11H,3-4,9-10H2,1-2H3. The molecule has 2 aromatic heterocycles. The summed E-state index contributed by atoms with van der Waals surface area (Å²) in [6, 6.07) is 5.25. The van der Waals surface area contributed by atoms with E-state index >= 15 is 0 Å². The van der Waals surface area contributed by atoms with E-state index in [0.29, 0.717) is 29.3 Å². The van der Waals surface area contributed by atoms with E-state index in [-0.39, 0.29) is 22.4 Å². The number of fused-ring (bicyclic) bond motifs is 1. The molecule has 3 heterocycles. The minimum Gasteiger partial charge on any atom is -0.302 e. The third-order valence-corrected chi connectivity index (χ3v) is 6.48. The third-order valence-electron chi connectivity index (χ3n) is 5.11. The van der Waals surface area contributed by atoms with E-state index in [1.54, 1.807) is 22.5 Å². The van der Waals surface area contributed by atoms with Crippen molar-refractivity contribution in [2.75, 3.05) is 5.75 Å². The van der Waals surface area contributed by atoms with Gasteiger partial charge in [-0.05, 0) is 30.9 Å². The van der Waals surface area contributed by atoms with E-state index in [1.165, 1.54) is 6.07 Å². The van der Waals surface area contributed by atoms with Gasteiger partial charge in [0.2, 0.25) is 0 Å². The number of nitriles is 1. The average molecular weight is 355 g/mol. The highest BCUT2D eigenvalue weighted by Crippen LogP contribution is 2.47. The molecule has 4 rings (SSSR count). The van der Waals surface area contributed by atoms with Crippen LogP contribution >= 0.6 is 11.8 Å². The van der Waals surface area contributed by atoms with Gasteiger partial charge in [0.25, 0.3) is 5.56 Å². The maximum atomic E-state index is 14.6. The largest absolute Gasteiger partial charge is 0.302 e. The molecule has 0 amide bonds. The summed E-state index contributed by atoms with van der Waals surface area (Å²) in [5.74, 6) is 0.945. The predicted octanol–water partition coefficient (Wildman–Crippen LogP) is 3.71. The molecular formula is C19H18FN3OS. The van der Waals surface area contributed by atoms with E-state index in [9.17, 15) is 14.4 Å². The van der Waals surface area contributed by atoms with Crippen LogP contribution in [0.5, 0.6) is 0 Å². The summed E-state index contributed by atoms with van der Waals surface area (Å²) < 4.78 is 16.2. The van der Waals surface area contributed by atoms with Crippen molar-refractivity contribution in [3.63, 3.8) is 0 Å². The van der Waals surface area contributed by atoms with Gasteiger partial charge in [-0.25, -0.2) is 4.39 Å². The second-order valence-electron chi connectivity index (χ2n) is 7.33. The lowest BCUT2D eigenvalue weighted by Crippen LogP contribution is -2.30. The molecule has 6 heteroatoms. The summed E-state index contributed by atoms with van der Waals surface area (Å²) in [4.78, 5) is 17.0. The highest BCUT2D eigenvalue weighted by Gasteiger charge is 2.42. The Hall–Kier alpha value is -2.13. The Morgan fingerprint density at radius 3 is 2.84 bits per heavy atom. The predicted molar refractivity (Wildman–Crippen MR) is 95.1 cm³/mol. The first-order valence-electron chi connectivity index (χ1n) is 8.40. The number of hydrogen-bond donors (Lipinski definition) is 0. The fourth-order valence-corrected chi connectivity index (χ4v) is 4.37. The molecule has 1 atom stereocenters. The first-order chi connectivity index (χ1) is 11.9. The lowest BCUT2D eigenvalue weighted by molar-refractivity contribution is 0.474. The molecule has 1 aliphatic heterocycles. The van der Waals surface area contributed by atoms with E-state index in [1.807, 2.05) is 19.1 Å². The Morgan fingerprint density at radius 2 is 2.20 bits per heavy atom. The Labute approximate surface area is 149 Å². The molecule has 0 aromatic carbocycles. The number of halogens is 1. The molecule has 128 valence electrons. The van der Waals surface area contributed by atoms with Gasteiger partial charge in [0.05, 0.1) is 10.7 Å². The highest BCUT2D eigenvalue weighted by molar-refractivity contribution is 7.99. The number of pyridine rings is 2. The topological polar surface area (TPSA) is 58.7 Å². The zero-order valence-corrected chi connectivity index (χ0v) is 15.0. The number of thioether (sulfide) groups is 1. The lowest BCUT2D eigenvalue weighted by Gasteiger charge is -2.24. The Balaban J connectivity index is 1.86. The number of nitrogens with zero attached hydrogens (tertiary/aromatic N) is 3. The van der Waals surface area contributed by atoms with Crippen LogP contribution in [0, 0.1) is 23.1 Å². The summed E-state index contributed by atoms with van der Waals surface area (Å²) in [5, 5.41) is 10.3. The van der Waals surface area contributed by atoms with Crippen molar-refractivity contribution < 1.29 is 4.39 Å². The molecule has 4 nitrogen and oxygen atoms in total. The van der Waals surface area contributed by atoms with E-state index < -0.39 is 0 Å². The number of hydrogen-bond acceptors (Lipinski definition) is 4. The third kappa shape index (κ3) is 2.67. The van der Waals surface area contributed by atoms with Gasteiger partial charge in [0.15, 0.2) is 0 Å². The second-order valence-corrected chi connectivity index (χ2v) is 8.37. The van der Waals surface area contributed by atoms with Crippen molar-refractivity contribution in [1.29, 1.82) is 5.26 Å². The van der Waals surface area contributed by atoms with Gasteiger partial charge < -0.3 is 4.57 Å². The minimum atomic E-state index is -0.361. The quantitative estimate of drug-likeness (QED) is 0.824. The zero-order valence-electron chi connectivity index (χ0n) is 14.2.